The second-order valence-corrected chi connectivity index (χ2v) is 6.73. The monoisotopic (exact) mass is 355 g/mol. The third-order valence-corrected chi connectivity index (χ3v) is 5.15. The lowest BCUT2D eigenvalue weighted by molar-refractivity contribution is 0.230. The van der Waals surface area contributed by atoms with Crippen LogP contribution in [0.4, 0.5) is 0 Å². The molecule has 1 unspecified atom stereocenters. The highest BCUT2D eigenvalue weighted by Crippen LogP contribution is 2.36. The summed E-state index contributed by atoms with van der Waals surface area (Å²) in [4.78, 5) is 0. The molecule has 0 amide bonds. The minimum absolute atomic E-state index is 0.334. The van der Waals surface area contributed by atoms with Gasteiger partial charge in [-0.1, -0.05) is 49.5 Å². The molecular weight excluding hydrogens is 326 g/mol. The summed E-state index contributed by atoms with van der Waals surface area (Å²) in [6.07, 6.45) is 6.11. The number of ether oxygens (including phenoxy) is 1. The summed E-state index contributed by atoms with van der Waals surface area (Å²) in [6, 6.07) is 6.28. The molecule has 1 N–H and O–H groups in total. The predicted molar refractivity (Wildman–Crippen MR) is 95.2 cm³/mol. The molecule has 0 aliphatic rings. The van der Waals surface area contributed by atoms with Gasteiger partial charge >= 0.3 is 0 Å². The molecular formula is C18H30BrNO. The summed E-state index contributed by atoms with van der Waals surface area (Å²) >= 11 is 3.70. The zero-order chi connectivity index (χ0) is 15.7. The zero-order valence-electron chi connectivity index (χ0n) is 14.0. The maximum Gasteiger partial charge on any atom is 0.119 e. The fourth-order valence-electron chi connectivity index (χ4n) is 2.83. The Morgan fingerprint density at radius 3 is 2.57 bits per heavy atom. The van der Waals surface area contributed by atoms with Crippen LogP contribution in [0.15, 0.2) is 22.7 Å². The molecule has 1 aromatic rings. The first-order valence-corrected chi connectivity index (χ1v) is 8.93. The topological polar surface area (TPSA) is 21.3 Å². The first-order chi connectivity index (χ1) is 10.1. The molecule has 0 saturated carbocycles. The minimum atomic E-state index is 0.334. The molecule has 0 heterocycles. The lowest BCUT2D eigenvalue weighted by Gasteiger charge is -2.34. The second-order valence-electron chi connectivity index (χ2n) is 5.87. The fraction of sp³-hybridized carbons (Fsp3) is 0.667. The largest absolute Gasteiger partial charge is 0.497 e. The van der Waals surface area contributed by atoms with Crippen LogP contribution in [-0.2, 0) is 6.42 Å². The quantitative estimate of drug-likeness (QED) is 0.622. The predicted octanol–water partition coefficient (Wildman–Crippen LogP) is 5.20. The SMILES string of the molecule is CCCCC(CC)(CNCC)Cc1cc(OC)ccc1Br. The molecule has 0 bridgehead atoms. The van der Waals surface area contributed by atoms with Gasteiger partial charge in [0.2, 0.25) is 0 Å². The van der Waals surface area contributed by atoms with Gasteiger partial charge in [0.1, 0.15) is 5.75 Å². The maximum absolute atomic E-state index is 5.38. The number of nitrogens with one attached hydrogen (secondary N) is 1. The van der Waals surface area contributed by atoms with Crippen molar-refractivity contribution in [3.05, 3.63) is 28.2 Å². The van der Waals surface area contributed by atoms with Gasteiger partial charge in [0.05, 0.1) is 7.11 Å². The van der Waals surface area contributed by atoms with Crippen LogP contribution in [-0.4, -0.2) is 20.2 Å². The number of benzene rings is 1. The molecule has 21 heavy (non-hydrogen) atoms. The molecule has 3 heteroatoms. The van der Waals surface area contributed by atoms with Gasteiger partial charge in [-0.05, 0) is 55.0 Å². The van der Waals surface area contributed by atoms with E-state index in [0.717, 1.165) is 25.3 Å². The molecule has 2 nitrogen and oxygen atoms in total. The van der Waals surface area contributed by atoms with Crippen molar-refractivity contribution in [1.82, 2.24) is 5.32 Å². The fourth-order valence-corrected chi connectivity index (χ4v) is 3.21. The third kappa shape index (κ3) is 5.63. The number of rotatable bonds is 10. The van der Waals surface area contributed by atoms with Crippen LogP contribution in [0.1, 0.15) is 52.0 Å². The van der Waals surface area contributed by atoms with E-state index in [-0.39, 0.29) is 0 Å². The van der Waals surface area contributed by atoms with Gasteiger partial charge in [0.15, 0.2) is 0 Å². The molecule has 120 valence electrons. The minimum Gasteiger partial charge on any atom is -0.497 e. The third-order valence-electron chi connectivity index (χ3n) is 4.38. The Balaban J connectivity index is 2.97. The van der Waals surface area contributed by atoms with E-state index in [1.807, 2.05) is 6.07 Å². The van der Waals surface area contributed by atoms with Crippen molar-refractivity contribution >= 4 is 15.9 Å². The van der Waals surface area contributed by atoms with E-state index in [1.54, 1.807) is 7.11 Å². The van der Waals surface area contributed by atoms with Crippen LogP contribution >= 0.6 is 15.9 Å². The molecule has 0 aliphatic heterocycles. The van der Waals surface area contributed by atoms with Gasteiger partial charge in [-0.15, -0.1) is 0 Å². The first kappa shape index (κ1) is 18.5. The molecule has 1 atom stereocenters. The molecule has 0 aliphatic carbocycles. The Bertz CT molecular complexity index is 412. The summed E-state index contributed by atoms with van der Waals surface area (Å²) < 4.78 is 6.57. The van der Waals surface area contributed by atoms with Crippen LogP contribution in [0.5, 0.6) is 5.75 Å². The highest BCUT2D eigenvalue weighted by Gasteiger charge is 2.28. The van der Waals surface area contributed by atoms with Gasteiger partial charge in [-0.2, -0.15) is 0 Å². The van der Waals surface area contributed by atoms with Crippen molar-refractivity contribution in [3.8, 4) is 5.75 Å². The van der Waals surface area contributed by atoms with E-state index >= 15 is 0 Å². The molecule has 0 saturated heterocycles. The molecule has 0 radical (unpaired) electrons. The van der Waals surface area contributed by atoms with E-state index in [2.05, 4.69) is 54.2 Å². The number of unbranched alkanes of at least 4 members (excludes halogenated alkanes) is 1. The Morgan fingerprint density at radius 1 is 1.24 bits per heavy atom. The summed E-state index contributed by atoms with van der Waals surface area (Å²) in [6.45, 7) is 8.90. The smallest absolute Gasteiger partial charge is 0.119 e. The van der Waals surface area contributed by atoms with Crippen molar-refractivity contribution in [2.45, 2.75) is 52.9 Å². The van der Waals surface area contributed by atoms with E-state index in [4.69, 9.17) is 4.74 Å². The van der Waals surface area contributed by atoms with Gasteiger partial charge in [0.25, 0.3) is 0 Å². The standard InChI is InChI=1S/C18H30BrNO/c1-5-8-11-18(6-2,14-20-7-3)13-15-12-16(21-4)9-10-17(15)19/h9-10,12,20H,5-8,11,13-14H2,1-4H3. The van der Waals surface area contributed by atoms with Crippen LogP contribution in [0.25, 0.3) is 0 Å². The Kier molecular flexibility index (Phi) is 8.35. The Hall–Kier alpha value is -0.540. The molecule has 0 spiro atoms. The van der Waals surface area contributed by atoms with E-state index < -0.39 is 0 Å². The van der Waals surface area contributed by atoms with Crippen LogP contribution < -0.4 is 10.1 Å². The van der Waals surface area contributed by atoms with Gasteiger partial charge in [0, 0.05) is 11.0 Å². The van der Waals surface area contributed by atoms with Crippen molar-refractivity contribution in [3.63, 3.8) is 0 Å². The molecule has 0 fully saturated rings. The summed E-state index contributed by atoms with van der Waals surface area (Å²) in [5.74, 6) is 0.942. The lowest BCUT2D eigenvalue weighted by atomic mass is 9.75. The van der Waals surface area contributed by atoms with Gasteiger partial charge in [-0.3, -0.25) is 0 Å². The number of hydrogen-bond acceptors (Lipinski definition) is 2. The normalized spacial score (nSPS) is 14.0. The number of hydrogen-bond donors (Lipinski definition) is 1. The lowest BCUT2D eigenvalue weighted by Crippen LogP contribution is -2.36. The average Bonchev–Trinajstić information content (AvgIpc) is 2.52. The van der Waals surface area contributed by atoms with Crippen LogP contribution in [0, 0.1) is 5.41 Å². The van der Waals surface area contributed by atoms with Crippen molar-refractivity contribution in [1.29, 1.82) is 0 Å². The Labute approximate surface area is 138 Å². The maximum atomic E-state index is 5.38. The van der Waals surface area contributed by atoms with E-state index in [1.165, 1.54) is 35.7 Å². The van der Waals surface area contributed by atoms with Gasteiger partial charge in [-0.25, -0.2) is 0 Å². The summed E-state index contributed by atoms with van der Waals surface area (Å²) in [7, 11) is 1.73. The molecule has 1 rings (SSSR count). The number of halogens is 1. The van der Waals surface area contributed by atoms with Gasteiger partial charge < -0.3 is 10.1 Å². The first-order valence-electron chi connectivity index (χ1n) is 8.14. The van der Waals surface area contributed by atoms with Crippen LogP contribution in [0.2, 0.25) is 0 Å². The van der Waals surface area contributed by atoms with E-state index in [9.17, 15) is 0 Å². The van der Waals surface area contributed by atoms with Crippen LogP contribution in [0.3, 0.4) is 0 Å². The van der Waals surface area contributed by atoms with Crippen molar-refractivity contribution in [2.75, 3.05) is 20.2 Å². The van der Waals surface area contributed by atoms with Crippen molar-refractivity contribution in [2.24, 2.45) is 5.41 Å². The van der Waals surface area contributed by atoms with Crippen molar-refractivity contribution < 1.29 is 4.74 Å². The second kappa shape index (κ2) is 9.47. The highest BCUT2D eigenvalue weighted by molar-refractivity contribution is 9.10. The zero-order valence-corrected chi connectivity index (χ0v) is 15.6. The summed E-state index contributed by atoms with van der Waals surface area (Å²) in [5, 5.41) is 3.57. The Morgan fingerprint density at radius 2 is 2.00 bits per heavy atom. The molecule has 1 aromatic carbocycles. The number of methoxy groups -OCH3 is 1. The molecule has 0 aromatic heterocycles. The van der Waals surface area contributed by atoms with E-state index in [0.29, 0.717) is 5.41 Å². The highest BCUT2D eigenvalue weighted by atomic mass is 79.9. The summed E-state index contributed by atoms with van der Waals surface area (Å²) in [5.41, 5.74) is 1.69. The average molecular weight is 356 g/mol.